The molecule has 9 heteroatoms. The van der Waals surface area contributed by atoms with Gasteiger partial charge in [-0.1, -0.05) is 299 Å². The van der Waals surface area contributed by atoms with Crippen LogP contribution in [0.5, 0.6) is 0 Å². The Kier molecular flexibility index (Phi) is 56.1. The van der Waals surface area contributed by atoms with Gasteiger partial charge in [-0.25, -0.2) is 0 Å². The topological polar surface area (TPSA) is 108 Å². The number of rotatable bonds is 59. The fourth-order valence-corrected chi connectivity index (χ4v) is 10.2. The van der Waals surface area contributed by atoms with Gasteiger partial charge in [0.2, 0.25) is 5.91 Å². The van der Waals surface area contributed by atoms with Gasteiger partial charge < -0.3 is 28.8 Å². The molecule has 444 valence electrons. The molecule has 0 fully saturated rings. The van der Waals surface area contributed by atoms with Crippen LogP contribution in [0.4, 0.5) is 0 Å². The van der Waals surface area contributed by atoms with Crippen LogP contribution in [0.3, 0.4) is 0 Å². The first-order valence-corrected chi connectivity index (χ1v) is 33.7. The highest BCUT2D eigenvalue weighted by atomic mass is 31.2. The number of nitrogens with zero attached hydrogens (tertiary/aromatic N) is 1. The van der Waals surface area contributed by atoms with Crippen molar-refractivity contribution in [2.45, 2.75) is 309 Å². The number of hydrogen-bond acceptors (Lipinski definition) is 6. The van der Waals surface area contributed by atoms with E-state index in [0.29, 0.717) is 23.9 Å². The second-order valence-corrected chi connectivity index (χ2v) is 24.5. The lowest BCUT2D eigenvalue weighted by Gasteiger charge is -2.30. The van der Waals surface area contributed by atoms with Gasteiger partial charge in [-0.3, -0.25) is 9.36 Å². The number of quaternary nitrogens is 1. The third-order valence-corrected chi connectivity index (χ3v) is 15.4. The van der Waals surface area contributed by atoms with Crippen LogP contribution < -0.4 is 10.2 Å². The molecule has 0 saturated heterocycles. The van der Waals surface area contributed by atoms with Gasteiger partial charge in [0.05, 0.1) is 39.9 Å². The van der Waals surface area contributed by atoms with E-state index in [9.17, 15) is 19.4 Å². The van der Waals surface area contributed by atoms with Gasteiger partial charge in [0, 0.05) is 6.42 Å². The summed E-state index contributed by atoms with van der Waals surface area (Å²) in [4.78, 5) is 25.6. The summed E-state index contributed by atoms with van der Waals surface area (Å²) in [6.07, 6.45) is 79.6. The monoisotopic (exact) mass is 1080 g/mol. The smallest absolute Gasteiger partial charge is 0.268 e. The number of allylic oxidation sites excluding steroid dienone is 12. The summed E-state index contributed by atoms with van der Waals surface area (Å²) >= 11 is 0. The Morgan fingerprint density at radius 1 is 0.474 bits per heavy atom. The summed E-state index contributed by atoms with van der Waals surface area (Å²) in [5, 5.41) is 14.1. The van der Waals surface area contributed by atoms with E-state index in [2.05, 4.69) is 92.1 Å². The van der Waals surface area contributed by atoms with Crippen molar-refractivity contribution in [3.05, 3.63) is 72.9 Å². The van der Waals surface area contributed by atoms with E-state index in [1.165, 1.54) is 180 Å². The molecule has 0 radical (unpaired) electrons. The molecule has 3 unspecified atom stereocenters. The molecule has 0 aromatic carbocycles. The highest BCUT2D eigenvalue weighted by Crippen LogP contribution is 2.38. The van der Waals surface area contributed by atoms with Crippen LogP contribution in [0.15, 0.2) is 72.9 Å². The first kappa shape index (κ1) is 73.9. The number of phosphoric acid groups is 1. The maximum Gasteiger partial charge on any atom is 0.268 e. The summed E-state index contributed by atoms with van der Waals surface area (Å²) in [5.41, 5.74) is 0. The molecule has 0 saturated carbocycles. The molecule has 1 amide bonds. The van der Waals surface area contributed by atoms with E-state index in [1.807, 2.05) is 21.1 Å². The molecule has 2 N–H and O–H groups in total. The number of aliphatic hydroxyl groups excluding tert-OH is 1. The molecule has 0 rings (SSSR count). The molecule has 0 bridgehead atoms. The Morgan fingerprint density at radius 3 is 1.17 bits per heavy atom. The zero-order chi connectivity index (χ0) is 55.6. The van der Waals surface area contributed by atoms with Crippen molar-refractivity contribution in [1.29, 1.82) is 0 Å². The van der Waals surface area contributed by atoms with Crippen LogP contribution in [0.1, 0.15) is 296 Å². The molecule has 3 atom stereocenters. The number of hydrogen-bond donors (Lipinski definition) is 2. The lowest BCUT2D eigenvalue weighted by Crippen LogP contribution is -2.46. The number of nitrogens with one attached hydrogen (secondary N) is 1. The van der Waals surface area contributed by atoms with Gasteiger partial charge in [0.25, 0.3) is 7.82 Å². The fraction of sp³-hybridized carbons (Fsp3) is 0.806. The van der Waals surface area contributed by atoms with Crippen molar-refractivity contribution in [1.82, 2.24) is 5.32 Å². The van der Waals surface area contributed by atoms with Crippen molar-refractivity contribution in [2.24, 2.45) is 0 Å². The third-order valence-electron chi connectivity index (χ3n) is 14.5. The Hall–Kier alpha value is -2.06. The normalized spacial score (nSPS) is 14.2. The zero-order valence-corrected chi connectivity index (χ0v) is 51.6. The number of phosphoric ester groups is 1. The molecule has 0 spiro atoms. The molecule has 0 aromatic heterocycles. The Labute approximate surface area is 472 Å². The number of aliphatic hydroxyl groups is 1. The van der Waals surface area contributed by atoms with E-state index in [0.717, 1.165) is 89.9 Å². The van der Waals surface area contributed by atoms with Crippen molar-refractivity contribution < 1.29 is 32.9 Å². The maximum absolute atomic E-state index is 13.0. The molecule has 0 aliphatic heterocycles. The van der Waals surface area contributed by atoms with Gasteiger partial charge >= 0.3 is 0 Å². The lowest BCUT2D eigenvalue weighted by atomic mass is 10.0. The standard InChI is InChI=1S/C67H125N2O6P/c1-6-8-10-12-14-16-18-20-22-24-26-28-30-32-33-34-35-37-38-40-42-44-46-48-50-52-54-56-58-60-66(70)65(64-75-76(72,73)74-63-62-69(3,4)5)68-67(71)61-59-57-55-53-51-49-47-45-43-41-39-36-31-29-27-25-23-21-19-17-15-13-11-9-7-2/h9,11,15,17,21,23,27,29,36,39,43,45,65-66,70H,6-8,10,12-14,16,18-20,22,24-26,28,30-35,37-38,40-42,44,46-64H2,1-5H3,(H-,68,71,72,73)/b11-9-,17-15-,23-21-,29-27-,39-36-,45-43-. The molecule has 0 aromatic rings. The van der Waals surface area contributed by atoms with Gasteiger partial charge in [0.15, 0.2) is 0 Å². The van der Waals surface area contributed by atoms with E-state index >= 15 is 0 Å². The van der Waals surface area contributed by atoms with Crippen molar-refractivity contribution in [2.75, 3.05) is 40.9 Å². The summed E-state index contributed by atoms with van der Waals surface area (Å²) in [6, 6.07) is -0.815. The van der Waals surface area contributed by atoms with E-state index in [4.69, 9.17) is 9.05 Å². The summed E-state index contributed by atoms with van der Waals surface area (Å²) in [5.74, 6) is -0.178. The maximum atomic E-state index is 13.0. The molecular formula is C67H125N2O6P. The quantitative estimate of drug-likeness (QED) is 0.0272. The average Bonchev–Trinajstić information content (AvgIpc) is 3.38. The van der Waals surface area contributed by atoms with E-state index < -0.39 is 20.0 Å². The van der Waals surface area contributed by atoms with Crippen LogP contribution in [0, 0.1) is 0 Å². The highest BCUT2D eigenvalue weighted by Gasteiger charge is 2.24. The Morgan fingerprint density at radius 2 is 0.803 bits per heavy atom. The molecule has 76 heavy (non-hydrogen) atoms. The van der Waals surface area contributed by atoms with Crippen LogP contribution in [0.2, 0.25) is 0 Å². The SMILES string of the molecule is CC/C=C\C/C=C\C/C=C\C/C=C\C/C=C\C/C=C\CCCCCCCCC(=O)NC(COP(=O)([O-])OCC[N+](C)(C)C)C(O)CCCCCCCCCCCCCCCCCCCCCCCCCCCCCCC. The predicted octanol–water partition coefficient (Wildman–Crippen LogP) is 19.6. The first-order chi connectivity index (χ1) is 37.0. The number of carbonyl (C=O) groups is 1. The van der Waals surface area contributed by atoms with Crippen molar-refractivity contribution in [3.63, 3.8) is 0 Å². The summed E-state index contributed by atoms with van der Waals surface area (Å²) in [7, 11) is 1.29. The molecule has 8 nitrogen and oxygen atoms in total. The Bertz CT molecular complexity index is 1470. The minimum absolute atomic E-state index is 0.00597. The molecule has 0 aliphatic rings. The molecule has 0 aliphatic carbocycles. The average molecular weight is 1090 g/mol. The van der Waals surface area contributed by atoms with Crippen LogP contribution in [-0.2, 0) is 18.4 Å². The number of likely N-dealkylation sites (N-methyl/N-ethyl adjacent to an activating group) is 1. The minimum atomic E-state index is -4.59. The fourth-order valence-electron chi connectivity index (χ4n) is 9.46. The predicted molar refractivity (Wildman–Crippen MR) is 330 cm³/mol. The van der Waals surface area contributed by atoms with Crippen molar-refractivity contribution >= 4 is 13.7 Å². The van der Waals surface area contributed by atoms with E-state index in [1.54, 1.807) is 0 Å². The van der Waals surface area contributed by atoms with Crippen LogP contribution >= 0.6 is 7.82 Å². The lowest BCUT2D eigenvalue weighted by molar-refractivity contribution is -0.870. The van der Waals surface area contributed by atoms with Crippen molar-refractivity contribution in [3.8, 4) is 0 Å². The van der Waals surface area contributed by atoms with Gasteiger partial charge in [-0.2, -0.15) is 0 Å². The second kappa shape index (κ2) is 57.6. The minimum Gasteiger partial charge on any atom is -0.756 e. The highest BCUT2D eigenvalue weighted by molar-refractivity contribution is 7.45. The van der Waals surface area contributed by atoms with Gasteiger partial charge in [-0.15, -0.1) is 0 Å². The third kappa shape index (κ3) is 59.6. The first-order valence-electron chi connectivity index (χ1n) is 32.3. The van der Waals surface area contributed by atoms with Crippen LogP contribution in [-0.4, -0.2) is 68.5 Å². The van der Waals surface area contributed by atoms with Gasteiger partial charge in [0.1, 0.15) is 13.2 Å². The zero-order valence-electron chi connectivity index (χ0n) is 50.7. The summed E-state index contributed by atoms with van der Waals surface area (Å²) in [6.45, 7) is 4.62. The molecular weight excluding hydrogens is 960 g/mol. The van der Waals surface area contributed by atoms with Crippen LogP contribution in [0.25, 0.3) is 0 Å². The van der Waals surface area contributed by atoms with E-state index in [-0.39, 0.29) is 19.1 Å². The summed E-state index contributed by atoms with van der Waals surface area (Å²) < 4.78 is 23.5. The Balaban J connectivity index is 4.13. The molecule has 0 heterocycles. The number of carbonyl (C=O) groups excluding carboxylic acids is 1. The largest absolute Gasteiger partial charge is 0.756 e. The van der Waals surface area contributed by atoms with Gasteiger partial charge in [-0.05, 0) is 64.2 Å². The number of amides is 1. The number of unbranched alkanes of at least 4 members (excludes halogenated alkanes) is 34. The second-order valence-electron chi connectivity index (χ2n) is 23.1.